The summed E-state index contributed by atoms with van der Waals surface area (Å²) in [5.41, 5.74) is 2.48. The Morgan fingerprint density at radius 3 is 2.66 bits per heavy atom. The summed E-state index contributed by atoms with van der Waals surface area (Å²) in [4.78, 5) is 17.3. The molecule has 0 aliphatic carbocycles. The molecule has 0 aliphatic rings. The molecule has 1 aromatic carbocycles. The predicted molar refractivity (Wildman–Crippen MR) is 131 cm³/mol. The maximum Gasteiger partial charge on any atom is 0.433 e. The molecule has 3 rings (SSSR count). The van der Waals surface area contributed by atoms with Gasteiger partial charge < -0.3 is 14.6 Å². The van der Waals surface area contributed by atoms with Crippen molar-refractivity contribution in [3.8, 4) is 0 Å². The molecule has 0 saturated heterocycles. The number of hydrogen-bond donors (Lipinski definition) is 1. The van der Waals surface area contributed by atoms with E-state index in [0.717, 1.165) is 49.2 Å². The van der Waals surface area contributed by atoms with E-state index in [4.69, 9.17) is 16.0 Å². The number of pyridine rings is 1. The standard InChI is InChI=1S/C24H29ClN4O3/c1-3-28(4-2)15-7-5-6-14-26-22-17-19(27-23-16-18(25)8-12-21(22)23)9-10-20-11-13-24(32-20)29(30)31/h8-13,16-17H,3-7,14-15H2,1-2H3,(H,26,27)/b10-9+. The first-order valence-electron chi connectivity index (χ1n) is 11.0. The second kappa shape index (κ2) is 11.6. The number of nitro groups is 1. The Kier molecular flexibility index (Phi) is 8.64. The van der Waals surface area contributed by atoms with Crippen molar-refractivity contribution >= 4 is 46.2 Å². The fourth-order valence-corrected chi connectivity index (χ4v) is 3.72. The lowest BCUT2D eigenvalue weighted by Gasteiger charge is -2.17. The highest BCUT2D eigenvalue weighted by Gasteiger charge is 2.10. The molecule has 2 heterocycles. The Balaban J connectivity index is 1.69. The van der Waals surface area contributed by atoms with Crippen LogP contribution < -0.4 is 5.32 Å². The van der Waals surface area contributed by atoms with Gasteiger partial charge >= 0.3 is 5.88 Å². The first-order chi connectivity index (χ1) is 15.5. The number of benzene rings is 1. The number of aromatic nitrogens is 1. The third kappa shape index (κ3) is 6.55. The van der Waals surface area contributed by atoms with Crippen LogP contribution in [0.5, 0.6) is 0 Å². The Morgan fingerprint density at radius 2 is 1.94 bits per heavy atom. The Hall–Kier alpha value is -2.90. The Labute approximate surface area is 193 Å². The fourth-order valence-electron chi connectivity index (χ4n) is 3.55. The molecule has 3 aromatic rings. The molecule has 0 aliphatic heterocycles. The van der Waals surface area contributed by atoms with Gasteiger partial charge in [0.15, 0.2) is 0 Å². The summed E-state index contributed by atoms with van der Waals surface area (Å²) in [7, 11) is 0. The molecule has 32 heavy (non-hydrogen) atoms. The van der Waals surface area contributed by atoms with E-state index in [1.54, 1.807) is 18.2 Å². The molecule has 0 spiro atoms. The van der Waals surface area contributed by atoms with E-state index in [2.05, 4.69) is 29.0 Å². The number of nitrogens with one attached hydrogen (secondary N) is 1. The molecular formula is C24H29ClN4O3. The van der Waals surface area contributed by atoms with Crippen molar-refractivity contribution in [2.45, 2.75) is 33.1 Å². The second-order valence-electron chi connectivity index (χ2n) is 7.54. The first kappa shape index (κ1) is 23.8. The zero-order valence-electron chi connectivity index (χ0n) is 18.5. The monoisotopic (exact) mass is 456 g/mol. The van der Waals surface area contributed by atoms with Crippen LogP contribution in [0.4, 0.5) is 11.6 Å². The molecule has 0 radical (unpaired) electrons. The smallest absolute Gasteiger partial charge is 0.401 e. The van der Waals surface area contributed by atoms with Crippen molar-refractivity contribution in [2.75, 3.05) is 31.5 Å². The lowest BCUT2D eigenvalue weighted by molar-refractivity contribution is -0.402. The first-order valence-corrected chi connectivity index (χ1v) is 11.4. The fraction of sp³-hybridized carbons (Fsp3) is 0.375. The maximum absolute atomic E-state index is 10.8. The van der Waals surface area contributed by atoms with Gasteiger partial charge in [0.2, 0.25) is 0 Å². The van der Waals surface area contributed by atoms with Gasteiger partial charge in [0.25, 0.3) is 0 Å². The summed E-state index contributed by atoms with van der Waals surface area (Å²) in [5, 5.41) is 16.0. The quantitative estimate of drug-likeness (QED) is 0.190. The summed E-state index contributed by atoms with van der Waals surface area (Å²) < 4.78 is 5.19. The molecule has 0 bridgehead atoms. The van der Waals surface area contributed by atoms with Crippen LogP contribution in [0.3, 0.4) is 0 Å². The lowest BCUT2D eigenvalue weighted by atomic mass is 10.1. The molecule has 0 saturated carbocycles. The zero-order valence-corrected chi connectivity index (χ0v) is 19.3. The van der Waals surface area contributed by atoms with Gasteiger partial charge in [-0.05, 0) is 75.0 Å². The maximum atomic E-state index is 10.8. The van der Waals surface area contributed by atoms with Crippen molar-refractivity contribution < 1.29 is 9.34 Å². The summed E-state index contributed by atoms with van der Waals surface area (Å²) in [6.07, 6.45) is 6.89. The molecule has 7 nitrogen and oxygen atoms in total. The molecule has 0 unspecified atom stereocenters. The van der Waals surface area contributed by atoms with E-state index in [1.807, 2.05) is 24.3 Å². The minimum Gasteiger partial charge on any atom is -0.401 e. The largest absolute Gasteiger partial charge is 0.433 e. The minimum atomic E-state index is -0.558. The topological polar surface area (TPSA) is 84.4 Å². The highest BCUT2D eigenvalue weighted by Crippen LogP contribution is 2.27. The van der Waals surface area contributed by atoms with Gasteiger partial charge in [-0.3, -0.25) is 10.1 Å². The van der Waals surface area contributed by atoms with E-state index in [1.165, 1.54) is 18.9 Å². The highest BCUT2D eigenvalue weighted by atomic mass is 35.5. The van der Waals surface area contributed by atoms with Crippen LogP contribution in [0.1, 0.15) is 44.6 Å². The van der Waals surface area contributed by atoms with Crippen LogP contribution >= 0.6 is 11.6 Å². The van der Waals surface area contributed by atoms with Gasteiger partial charge in [0.05, 0.1) is 17.3 Å². The average Bonchev–Trinajstić information content (AvgIpc) is 3.26. The van der Waals surface area contributed by atoms with E-state index in [0.29, 0.717) is 16.5 Å². The Bertz CT molecular complexity index is 1080. The number of anilines is 1. The zero-order chi connectivity index (χ0) is 22.9. The molecule has 170 valence electrons. The van der Waals surface area contributed by atoms with Crippen LogP contribution in [-0.2, 0) is 0 Å². The van der Waals surface area contributed by atoms with Crippen LogP contribution in [0.2, 0.25) is 5.02 Å². The molecule has 0 fully saturated rings. The number of fused-ring (bicyclic) bond motifs is 1. The number of unbranched alkanes of at least 4 members (excludes halogenated alkanes) is 2. The van der Waals surface area contributed by atoms with Gasteiger partial charge in [-0.25, -0.2) is 4.98 Å². The van der Waals surface area contributed by atoms with Crippen molar-refractivity contribution in [3.63, 3.8) is 0 Å². The number of hydrogen-bond acceptors (Lipinski definition) is 6. The molecule has 0 atom stereocenters. The van der Waals surface area contributed by atoms with Gasteiger partial charge in [-0.15, -0.1) is 0 Å². The number of nitrogens with zero attached hydrogens (tertiary/aromatic N) is 3. The molecule has 0 amide bonds. The lowest BCUT2D eigenvalue weighted by Crippen LogP contribution is -2.23. The van der Waals surface area contributed by atoms with Gasteiger partial charge in [0.1, 0.15) is 10.7 Å². The third-order valence-electron chi connectivity index (χ3n) is 5.36. The van der Waals surface area contributed by atoms with Crippen molar-refractivity contribution in [1.29, 1.82) is 0 Å². The highest BCUT2D eigenvalue weighted by molar-refractivity contribution is 6.31. The minimum absolute atomic E-state index is 0.286. The molecule has 2 aromatic heterocycles. The van der Waals surface area contributed by atoms with Gasteiger partial charge in [0, 0.05) is 22.6 Å². The van der Waals surface area contributed by atoms with Crippen LogP contribution in [0.25, 0.3) is 23.1 Å². The summed E-state index contributed by atoms with van der Waals surface area (Å²) in [5.74, 6) is 0.110. The van der Waals surface area contributed by atoms with Crippen LogP contribution in [0.15, 0.2) is 40.8 Å². The van der Waals surface area contributed by atoms with Gasteiger partial charge in [-0.1, -0.05) is 31.9 Å². The summed E-state index contributed by atoms with van der Waals surface area (Å²) in [6.45, 7) is 8.61. The average molecular weight is 457 g/mol. The second-order valence-corrected chi connectivity index (χ2v) is 7.97. The number of rotatable bonds is 12. The van der Waals surface area contributed by atoms with Crippen molar-refractivity contribution in [2.24, 2.45) is 0 Å². The molecule has 8 heteroatoms. The normalized spacial score (nSPS) is 11.6. The molecule has 1 N–H and O–H groups in total. The summed E-state index contributed by atoms with van der Waals surface area (Å²) >= 11 is 6.18. The SMILES string of the molecule is CCN(CC)CCCCCNc1cc(/C=C/c2ccc([N+](=O)[O-])o2)nc2cc(Cl)ccc12. The van der Waals surface area contributed by atoms with E-state index < -0.39 is 4.92 Å². The van der Waals surface area contributed by atoms with Crippen molar-refractivity contribution in [1.82, 2.24) is 9.88 Å². The number of halogens is 1. The van der Waals surface area contributed by atoms with Gasteiger partial charge in [-0.2, -0.15) is 0 Å². The summed E-state index contributed by atoms with van der Waals surface area (Å²) in [6, 6.07) is 10.5. The van der Waals surface area contributed by atoms with E-state index >= 15 is 0 Å². The molecular weight excluding hydrogens is 428 g/mol. The number of furan rings is 1. The predicted octanol–water partition coefficient (Wildman–Crippen LogP) is 6.48. The third-order valence-corrected chi connectivity index (χ3v) is 5.60. The van der Waals surface area contributed by atoms with Crippen LogP contribution in [0, 0.1) is 10.1 Å². The van der Waals surface area contributed by atoms with Crippen LogP contribution in [-0.4, -0.2) is 41.0 Å². The van der Waals surface area contributed by atoms with Crippen molar-refractivity contribution in [3.05, 3.63) is 63.0 Å². The van der Waals surface area contributed by atoms with E-state index in [-0.39, 0.29) is 5.88 Å². The Morgan fingerprint density at radius 1 is 1.12 bits per heavy atom. The van der Waals surface area contributed by atoms with E-state index in [9.17, 15) is 10.1 Å².